The van der Waals surface area contributed by atoms with E-state index in [-0.39, 0.29) is 5.75 Å². The number of hydrogen-bond donors (Lipinski definition) is 2. The van der Waals surface area contributed by atoms with E-state index in [1.165, 1.54) is 18.4 Å². The highest BCUT2D eigenvalue weighted by Crippen LogP contribution is 2.32. The van der Waals surface area contributed by atoms with Crippen LogP contribution >= 0.6 is 33.9 Å². The van der Waals surface area contributed by atoms with Gasteiger partial charge in [-0.15, -0.1) is 11.3 Å². The Kier molecular flexibility index (Phi) is 4.59. The number of nitrogens with zero attached hydrogens (tertiary/aromatic N) is 2. The summed E-state index contributed by atoms with van der Waals surface area (Å²) >= 11 is 3.54. The van der Waals surface area contributed by atoms with Crippen molar-refractivity contribution in [2.75, 3.05) is 12.5 Å². The smallest absolute Gasteiger partial charge is 0.203 e. The number of ether oxygens (including phenoxy) is 1. The van der Waals surface area contributed by atoms with Gasteiger partial charge in [-0.1, -0.05) is 0 Å². The predicted molar refractivity (Wildman–Crippen MR) is 85.4 cm³/mol. The van der Waals surface area contributed by atoms with E-state index in [0.29, 0.717) is 9.32 Å². The van der Waals surface area contributed by atoms with Gasteiger partial charge in [-0.2, -0.15) is 5.10 Å². The van der Waals surface area contributed by atoms with Crippen LogP contribution in [-0.2, 0) is 0 Å². The number of benzene rings is 1. The molecule has 0 unspecified atom stereocenters. The Morgan fingerprint density at radius 1 is 1.53 bits per heavy atom. The molecule has 5 nitrogen and oxygen atoms in total. The molecule has 0 aliphatic carbocycles. The van der Waals surface area contributed by atoms with Gasteiger partial charge in [0.1, 0.15) is 0 Å². The Morgan fingerprint density at radius 2 is 2.32 bits per heavy atom. The molecule has 0 amide bonds. The zero-order valence-corrected chi connectivity index (χ0v) is 13.3. The predicted octanol–water partition coefficient (Wildman–Crippen LogP) is 3.22. The molecule has 0 aliphatic heterocycles. The van der Waals surface area contributed by atoms with Crippen molar-refractivity contribution in [3.05, 3.63) is 32.3 Å². The fourth-order valence-electron chi connectivity index (χ4n) is 1.39. The van der Waals surface area contributed by atoms with Crippen LogP contribution in [-0.4, -0.2) is 23.4 Å². The first-order valence-corrected chi connectivity index (χ1v) is 7.34. The number of halogens is 1. The van der Waals surface area contributed by atoms with Crippen LogP contribution in [0, 0.1) is 10.5 Å². The second kappa shape index (κ2) is 6.20. The summed E-state index contributed by atoms with van der Waals surface area (Å²) in [6.07, 6.45) is 1.64. The van der Waals surface area contributed by atoms with Gasteiger partial charge in [-0.05, 0) is 41.6 Å². The standard InChI is InChI=1S/C12H12IN3O2S/c1-7-6-19-12(15-7)16-14-5-8-3-4-9(18-2)11(17)10(8)13/h3-6,17H,1-2H3,(H,15,16). The van der Waals surface area contributed by atoms with Gasteiger partial charge in [0.25, 0.3) is 0 Å². The molecule has 0 bridgehead atoms. The lowest BCUT2D eigenvalue weighted by Gasteiger charge is -2.06. The largest absolute Gasteiger partial charge is 0.504 e. The molecule has 0 saturated heterocycles. The number of thiazole rings is 1. The van der Waals surface area contributed by atoms with Crippen LogP contribution < -0.4 is 10.2 Å². The highest BCUT2D eigenvalue weighted by atomic mass is 127. The van der Waals surface area contributed by atoms with Crippen molar-refractivity contribution in [3.8, 4) is 11.5 Å². The van der Waals surface area contributed by atoms with Crippen LogP contribution in [0.15, 0.2) is 22.6 Å². The molecule has 7 heteroatoms. The third kappa shape index (κ3) is 3.35. The fourth-order valence-corrected chi connectivity index (χ4v) is 2.61. The third-order valence-electron chi connectivity index (χ3n) is 2.31. The molecule has 0 spiro atoms. The summed E-state index contributed by atoms with van der Waals surface area (Å²) in [4.78, 5) is 4.23. The van der Waals surface area contributed by atoms with Crippen LogP contribution in [0.2, 0.25) is 0 Å². The van der Waals surface area contributed by atoms with E-state index in [2.05, 4.69) is 38.1 Å². The minimum atomic E-state index is 0.122. The molecule has 0 radical (unpaired) electrons. The average Bonchev–Trinajstić information content (AvgIpc) is 2.81. The van der Waals surface area contributed by atoms with E-state index in [1.54, 1.807) is 12.3 Å². The molecule has 0 fully saturated rings. The molecule has 2 N–H and O–H groups in total. The third-order valence-corrected chi connectivity index (χ3v) is 4.31. The van der Waals surface area contributed by atoms with E-state index in [4.69, 9.17) is 4.74 Å². The number of aromatic nitrogens is 1. The number of hydrogen-bond acceptors (Lipinski definition) is 6. The van der Waals surface area contributed by atoms with E-state index < -0.39 is 0 Å². The molecule has 1 aromatic carbocycles. The number of aryl methyl sites for hydroxylation is 1. The van der Waals surface area contributed by atoms with E-state index >= 15 is 0 Å². The van der Waals surface area contributed by atoms with Gasteiger partial charge in [0.15, 0.2) is 11.5 Å². The van der Waals surface area contributed by atoms with Crippen LogP contribution in [0.3, 0.4) is 0 Å². The van der Waals surface area contributed by atoms with Crippen molar-refractivity contribution in [3.63, 3.8) is 0 Å². The lowest BCUT2D eigenvalue weighted by molar-refractivity contribution is 0.371. The SMILES string of the molecule is COc1ccc(C=NNc2nc(C)cs2)c(I)c1O. The number of hydrazone groups is 1. The summed E-state index contributed by atoms with van der Waals surface area (Å²) in [5, 5.41) is 16.7. The van der Waals surface area contributed by atoms with Crippen molar-refractivity contribution in [1.82, 2.24) is 4.98 Å². The maximum Gasteiger partial charge on any atom is 0.203 e. The lowest BCUT2D eigenvalue weighted by Crippen LogP contribution is -1.94. The van der Waals surface area contributed by atoms with Gasteiger partial charge < -0.3 is 9.84 Å². The first-order chi connectivity index (χ1) is 9.11. The second-order valence-electron chi connectivity index (χ2n) is 3.68. The molecule has 0 aliphatic rings. The first kappa shape index (κ1) is 14.1. The lowest BCUT2D eigenvalue weighted by atomic mass is 10.2. The van der Waals surface area contributed by atoms with Crippen molar-refractivity contribution in [2.24, 2.45) is 5.10 Å². The summed E-state index contributed by atoms with van der Waals surface area (Å²) in [5.41, 5.74) is 4.61. The first-order valence-electron chi connectivity index (χ1n) is 5.38. The van der Waals surface area contributed by atoms with E-state index in [9.17, 15) is 5.11 Å². The van der Waals surface area contributed by atoms with E-state index in [1.807, 2.05) is 18.4 Å². The second-order valence-corrected chi connectivity index (χ2v) is 5.62. The number of methoxy groups -OCH3 is 1. The van der Waals surface area contributed by atoms with Crippen LogP contribution in [0.4, 0.5) is 5.13 Å². The van der Waals surface area contributed by atoms with Gasteiger partial charge in [0, 0.05) is 10.9 Å². The minimum Gasteiger partial charge on any atom is -0.504 e. The number of phenolic OH excluding ortho intramolecular Hbond substituents is 1. The molecule has 2 rings (SSSR count). The van der Waals surface area contributed by atoms with Gasteiger partial charge in [-0.3, -0.25) is 5.43 Å². The van der Waals surface area contributed by atoms with Crippen LogP contribution in [0.25, 0.3) is 0 Å². The van der Waals surface area contributed by atoms with Crippen LogP contribution in [0.1, 0.15) is 11.3 Å². The number of phenols is 1. The molecular weight excluding hydrogens is 377 g/mol. The van der Waals surface area contributed by atoms with Gasteiger partial charge in [0.05, 0.1) is 22.6 Å². The molecule has 2 aromatic rings. The number of rotatable bonds is 4. The summed E-state index contributed by atoms with van der Waals surface area (Å²) in [7, 11) is 1.52. The Labute approximate surface area is 128 Å². The fraction of sp³-hybridized carbons (Fsp3) is 0.167. The van der Waals surface area contributed by atoms with Gasteiger partial charge >= 0.3 is 0 Å². The van der Waals surface area contributed by atoms with Crippen molar-refractivity contribution < 1.29 is 9.84 Å². The number of aromatic hydroxyl groups is 1. The maximum absolute atomic E-state index is 9.87. The van der Waals surface area contributed by atoms with E-state index in [0.717, 1.165) is 16.4 Å². The molecule has 0 atom stereocenters. The summed E-state index contributed by atoms with van der Waals surface area (Å²) < 4.78 is 5.73. The zero-order chi connectivity index (χ0) is 13.8. The molecular formula is C12H12IN3O2S. The Bertz CT molecular complexity index is 613. The van der Waals surface area contributed by atoms with Crippen molar-refractivity contribution in [1.29, 1.82) is 0 Å². The van der Waals surface area contributed by atoms with Gasteiger partial charge in [-0.25, -0.2) is 4.98 Å². The summed E-state index contributed by atoms with van der Waals surface area (Å²) in [6.45, 7) is 1.93. The number of anilines is 1. The molecule has 19 heavy (non-hydrogen) atoms. The molecule has 1 heterocycles. The van der Waals surface area contributed by atoms with Crippen molar-refractivity contribution >= 4 is 45.3 Å². The highest BCUT2D eigenvalue weighted by Gasteiger charge is 2.09. The molecule has 100 valence electrons. The normalized spacial score (nSPS) is 10.9. The Balaban J connectivity index is 2.13. The molecule has 0 saturated carbocycles. The quantitative estimate of drug-likeness (QED) is 0.479. The molecule has 1 aromatic heterocycles. The van der Waals surface area contributed by atoms with Gasteiger partial charge in [0.2, 0.25) is 5.13 Å². The van der Waals surface area contributed by atoms with Crippen molar-refractivity contribution in [2.45, 2.75) is 6.92 Å². The van der Waals surface area contributed by atoms with Crippen LogP contribution in [0.5, 0.6) is 11.5 Å². The minimum absolute atomic E-state index is 0.122. The Hall–Kier alpha value is -1.35. The topological polar surface area (TPSA) is 66.7 Å². The highest BCUT2D eigenvalue weighted by molar-refractivity contribution is 14.1. The number of nitrogens with one attached hydrogen (secondary N) is 1. The summed E-state index contributed by atoms with van der Waals surface area (Å²) in [6, 6.07) is 3.53. The Morgan fingerprint density at radius 3 is 2.95 bits per heavy atom. The summed E-state index contributed by atoms with van der Waals surface area (Å²) in [5.74, 6) is 0.571. The zero-order valence-electron chi connectivity index (χ0n) is 10.3. The average molecular weight is 389 g/mol. The maximum atomic E-state index is 9.87. The monoisotopic (exact) mass is 389 g/mol.